The number of hydrogen-bond acceptors (Lipinski definition) is 7. The Balaban J connectivity index is 1.26. The van der Waals surface area contributed by atoms with Crippen molar-refractivity contribution in [2.24, 2.45) is 23.7 Å². The lowest BCUT2D eigenvalue weighted by molar-refractivity contribution is -0.157. The fourth-order valence-electron chi connectivity index (χ4n) is 7.99. The highest BCUT2D eigenvalue weighted by molar-refractivity contribution is 6.51. The summed E-state index contributed by atoms with van der Waals surface area (Å²) < 4.78 is 4.41. The molecule has 0 spiro atoms. The molecule has 4 N–H and O–H groups in total. The maximum atomic E-state index is 14.4. The monoisotopic (exact) mass is 775 g/mol. The average molecular weight is 777 g/mol. The van der Waals surface area contributed by atoms with Crippen LogP contribution in [0.2, 0.25) is 0 Å². The maximum Gasteiger partial charge on any atom is 0.315 e. The first-order chi connectivity index (χ1) is 24.9. The molecule has 0 bridgehead atoms. The smallest absolute Gasteiger partial charge is 0.315 e. The minimum Gasteiger partial charge on any atom is -0.455 e. The zero-order valence-corrected chi connectivity index (χ0v) is 33.0. The van der Waals surface area contributed by atoms with Crippen LogP contribution in [0.1, 0.15) is 104 Å². The molecule has 12 nitrogen and oxygen atoms in total. The third-order valence-corrected chi connectivity index (χ3v) is 12.2. The van der Waals surface area contributed by atoms with Gasteiger partial charge in [0.05, 0.1) is 12.5 Å². The number of ketones is 1. The average Bonchev–Trinajstić information content (AvgIpc) is 3.37. The molecule has 1 unspecified atom stereocenters. The van der Waals surface area contributed by atoms with Crippen molar-refractivity contribution in [2.45, 2.75) is 132 Å². The topological polar surface area (TPSA) is 163 Å². The molecule has 1 aromatic rings. The van der Waals surface area contributed by atoms with Crippen LogP contribution in [-0.2, 0) is 34.3 Å². The van der Waals surface area contributed by atoms with Gasteiger partial charge >= 0.3 is 12.0 Å². The predicted molar refractivity (Wildman–Crippen MR) is 201 cm³/mol. The number of rotatable bonds is 14. The first-order valence-corrected chi connectivity index (χ1v) is 19.8. The number of hydrogen-bond donors (Lipinski definition) is 4. The van der Waals surface area contributed by atoms with E-state index in [1.165, 1.54) is 4.90 Å². The maximum absolute atomic E-state index is 14.4. The molecule has 1 aromatic carbocycles. The minimum atomic E-state index is -1.23. The SMILES string of the molecule is CC(C)(C)NC(=O)N[C@H](C(=O)N1C[C@H]2[C@@H]([C@H]1C(=O)NC(CC1CCC1)C(=O)C(=O)NCCC(=O)OC(C)(C)c1ccccc1)C2(Cl)Cl)C1CCCCC1. The molecule has 3 saturated carbocycles. The van der Waals surface area contributed by atoms with Crippen LogP contribution in [0, 0.1) is 23.7 Å². The number of piperidine rings is 1. The Hall–Kier alpha value is -3.38. The van der Waals surface area contributed by atoms with Crippen LogP contribution in [0.5, 0.6) is 0 Å². The van der Waals surface area contributed by atoms with Crippen LogP contribution in [0.3, 0.4) is 0 Å². The summed E-state index contributed by atoms with van der Waals surface area (Å²) >= 11 is 13.3. The fourth-order valence-corrected chi connectivity index (χ4v) is 8.81. The number of carbonyl (C=O) groups is 6. The number of benzene rings is 1. The van der Waals surface area contributed by atoms with Gasteiger partial charge in [-0.2, -0.15) is 0 Å². The minimum absolute atomic E-state index is 0.113. The summed E-state index contributed by atoms with van der Waals surface area (Å²) in [6, 6.07) is 5.69. The number of carbonyl (C=O) groups excluding carboxylic acids is 6. The first-order valence-electron chi connectivity index (χ1n) is 19.1. The number of Topliss-reactive ketones (excluding diaryl/α,β-unsaturated/α-hetero) is 1. The number of fused-ring (bicyclic) bond motifs is 1. The molecule has 5 atom stereocenters. The zero-order valence-electron chi connectivity index (χ0n) is 31.5. The molecule has 1 heterocycles. The van der Waals surface area contributed by atoms with Crippen LogP contribution in [0.4, 0.5) is 4.79 Å². The summed E-state index contributed by atoms with van der Waals surface area (Å²) in [4.78, 5) is 82.5. The fraction of sp³-hybridized carbons (Fsp3) is 0.692. The van der Waals surface area contributed by atoms with Crippen molar-refractivity contribution in [3.8, 4) is 0 Å². The van der Waals surface area contributed by atoms with E-state index in [9.17, 15) is 28.8 Å². The summed E-state index contributed by atoms with van der Waals surface area (Å²) in [6.45, 7) is 9.08. The molecule has 1 aliphatic heterocycles. The van der Waals surface area contributed by atoms with Crippen LogP contribution < -0.4 is 21.3 Å². The summed E-state index contributed by atoms with van der Waals surface area (Å²) in [5.41, 5.74) is -0.605. The number of likely N-dealkylation sites (tertiary alicyclic amines) is 1. The third-order valence-electron chi connectivity index (χ3n) is 11.1. The molecule has 14 heteroatoms. The summed E-state index contributed by atoms with van der Waals surface area (Å²) in [7, 11) is 0. The molecule has 1 saturated heterocycles. The quantitative estimate of drug-likeness (QED) is 0.119. The standard InChI is InChI=1S/C39H55Cl2N5O7/c1-37(2,3)45-36(52)44-30(24-15-8-6-9-16-24)35(51)46-22-26-29(39(26,40)41)31(46)33(49)43-27(21-23-13-12-14-23)32(48)34(50)42-20-19-28(47)53-38(4,5)25-17-10-7-11-18-25/h7,10-11,17-18,23-24,26-27,29-31H,6,8-9,12-16,19-22H2,1-5H3,(H,42,50)(H,43,49)(H2,44,45,52)/t26-,27?,29-,30-,31-/m0/s1. The summed E-state index contributed by atoms with van der Waals surface area (Å²) in [6.07, 6.45) is 7.23. The van der Waals surface area contributed by atoms with Gasteiger partial charge in [0.25, 0.3) is 5.91 Å². The van der Waals surface area contributed by atoms with Crippen LogP contribution in [-0.4, -0.2) is 81.5 Å². The van der Waals surface area contributed by atoms with Crippen molar-refractivity contribution < 1.29 is 33.5 Å². The number of esters is 1. The number of urea groups is 1. The molecule has 5 amide bonds. The molecule has 3 aliphatic carbocycles. The molecule has 4 fully saturated rings. The van der Waals surface area contributed by atoms with Crippen molar-refractivity contribution in [2.75, 3.05) is 13.1 Å². The second kappa shape index (κ2) is 16.6. The summed E-state index contributed by atoms with van der Waals surface area (Å²) in [5.74, 6) is -4.23. The molecule has 0 radical (unpaired) electrons. The number of halogens is 2. The highest BCUT2D eigenvalue weighted by Gasteiger charge is 2.74. The Labute approximate surface area is 322 Å². The van der Waals surface area contributed by atoms with E-state index in [2.05, 4.69) is 21.3 Å². The molecule has 5 rings (SSSR count). The van der Waals surface area contributed by atoms with E-state index in [-0.39, 0.29) is 49.6 Å². The van der Waals surface area contributed by atoms with Gasteiger partial charge in [-0.05, 0) is 71.3 Å². The van der Waals surface area contributed by atoms with Gasteiger partial charge in [-0.1, -0.05) is 68.9 Å². The Morgan fingerprint density at radius 1 is 0.906 bits per heavy atom. The Morgan fingerprint density at radius 2 is 1.57 bits per heavy atom. The molecule has 0 aromatic heterocycles. The van der Waals surface area contributed by atoms with E-state index >= 15 is 0 Å². The number of nitrogens with zero attached hydrogens (tertiary/aromatic N) is 1. The molecule has 292 valence electrons. The van der Waals surface area contributed by atoms with Crippen molar-refractivity contribution in [3.63, 3.8) is 0 Å². The normalized spacial score (nSPS) is 23.8. The molecule has 4 aliphatic rings. The van der Waals surface area contributed by atoms with Crippen LogP contribution in [0.25, 0.3) is 0 Å². The number of alkyl halides is 2. The predicted octanol–water partition coefficient (Wildman–Crippen LogP) is 4.89. The zero-order chi connectivity index (χ0) is 38.7. The Kier molecular flexibility index (Phi) is 12.7. The van der Waals surface area contributed by atoms with E-state index in [0.717, 1.165) is 56.9 Å². The van der Waals surface area contributed by atoms with Crippen molar-refractivity contribution in [1.82, 2.24) is 26.2 Å². The first kappa shape index (κ1) is 40.8. The van der Waals surface area contributed by atoms with Gasteiger partial charge in [-0.25, -0.2) is 4.79 Å². The largest absolute Gasteiger partial charge is 0.455 e. The highest BCUT2D eigenvalue weighted by Crippen LogP contribution is 2.65. The van der Waals surface area contributed by atoms with Crippen molar-refractivity contribution in [1.29, 1.82) is 0 Å². The molecule has 53 heavy (non-hydrogen) atoms. The van der Waals surface area contributed by atoms with Gasteiger partial charge in [0, 0.05) is 30.5 Å². The van der Waals surface area contributed by atoms with Gasteiger partial charge in [0.2, 0.25) is 17.6 Å². The van der Waals surface area contributed by atoms with Gasteiger partial charge in [0.15, 0.2) is 0 Å². The molecular weight excluding hydrogens is 721 g/mol. The lowest BCUT2D eigenvalue weighted by Crippen LogP contribution is -2.61. The van der Waals surface area contributed by atoms with Gasteiger partial charge in [-0.15, -0.1) is 23.2 Å². The third kappa shape index (κ3) is 10.0. The number of ether oxygens (including phenoxy) is 1. The lowest BCUT2D eigenvalue weighted by Gasteiger charge is -2.37. The number of amides is 5. The van der Waals surface area contributed by atoms with E-state index < -0.39 is 69.1 Å². The second-order valence-corrected chi connectivity index (χ2v) is 18.2. The van der Waals surface area contributed by atoms with Gasteiger partial charge < -0.3 is 30.9 Å². The van der Waals surface area contributed by atoms with E-state index in [4.69, 9.17) is 27.9 Å². The lowest BCUT2D eigenvalue weighted by atomic mass is 9.80. The number of nitrogens with one attached hydrogen (secondary N) is 4. The van der Waals surface area contributed by atoms with E-state index in [1.807, 2.05) is 51.1 Å². The van der Waals surface area contributed by atoms with Crippen molar-refractivity contribution >= 4 is 58.7 Å². The van der Waals surface area contributed by atoms with Crippen molar-refractivity contribution in [3.05, 3.63) is 35.9 Å². The van der Waals surface area contributed by atoms with Gasteiger partial charge in [0.1, 0.15) is 22.0 Å². The molecular formula is C39H55Cl2N5O7. The van der Waals surface area contributed by atoms with E-state index in [0.29, 0.717) is 0 Å². The van der Waals surface area contributed by atoms with Crippen LogP contribution >= 0.6 is 23.2 Å². The highest BCUT2D eigenvalue weighted by atomic mass is 35.5. The van der Waals surface area contributed by atoms with Gasteiger partial charge in [-0.3, -0.25) is 24.0 Å². The summed E-state index contributed by atoms with van der Waals surface area (Å²) in [5, 5.41) is 11.1. The van der Waals surface area contributed by atoms with Crippen LogP contribution in [0.15, 0.2) is 30.3 Å². The second-order valence-electron chi connectivity index (χ2n) is 16.8. The van der Waals surface area contributed by atoms with E-state index in [1.54, 1.807) is 13.8 Å². The Morgan fingerprint density at radius 3 is 2.17 bits per heavy atom. The Bertz CT molecular complexity index is 1540.